The molecule has 0 aromatic heterocycles. The van der Waals surface area contributed by atoms with Crippen molar-refractivity contribution in [2.24, 2.45) is 5.92 Å². The zero-order valence-corrected chi connectivity index (χ0v) is 11.0. The van der Waals surface area contributed by atoms with E-state index in [1.54, 1.807) is 6.07 Å². The van der Waals surface area contributed by atoms with E-state index in [4.69, 9.17) is 0 Å². The molecule has 0 fully saturated rings. The van der Waals surface area contributed by atoms with E-state index in [2.05, 4.69) is 25.2 Å². The average Bonchev–Trinajstić information content (AvgIpc) is 2.32. The second kappa shape index (κ2) is 7.98. The van der Waals surface area contributed by atoms with E-state index in [1.165, 1.54) is 12.1 Å². The lowest BCUT2D eigenvalue weighted by Gasteiger charge is -2.04. The molecule has 0 saturated carbocycles. The van der Waals surface area contributed by atoms with Crippen molar-refractivity contribution in [1.29, 1.82) is 0 Å². The average molecular weight is 253 g/mol. The topological polar surface area (TPSA) is 12.0 Å². The van der Waals surface area contributed by atoms with E-state index in [9.17, 15) is 8.78 Å². The van der Waals surface area contributed by atoms with Crippen molar-refractivity contribution in [3.8, 4) is 0 Å². The summed E-state index contributed by atoms with van der Waals surface area (Å²) >= 11 is 0. The van der Waals surface area contributed by atoms with E-state index >= 15 is 0 Å². The van der Waals surface area contributed by atoms with Crippen LogP contribution < -0.4 is 5.32 Å². The standard InChI is InChI=1S/C15H21F2N/c1-12(2)11-18-9-5-3-4-6-13-7-8-14(16)15(17)10-13/h3-4,7-8,10,12,18H,5-6,9,11H2,1-2H3/b4-3+. The molecule has 0 radical (unpaired) electrons. The summed E-state index contributed by atoms with van der Waals surface area (Å²) in [5.74, 6) is -0.906. The molecule has 1 aromatic rings. The summed E-state index contributed by atoms with van der Waals surface area (Å²) in [6.07, 6.45) is 5.65. The van der Waals surface area contributed by atoms with Crippen LogP contribution in [0.4, 0.5) is 8.78 Å². The van der Waals surface area contributed by atoms with Crippen LogP contribution in [-0.4, -0.2) is 13.1 Å². The molecule has 0 spiro atoms. The molecule has 0 aliphatic carbocycles. The normalized spacial score (nSPS) is 11.6. The molecule has 1 nitrogen and oxygen atoms in total. The summed E-state index contributed by atoms with van der Waals surface area (Å²) < 4.78 is 25.6. The number of halogens is 2. The third-order valence-corrected chi connectivity index (χ3v) is 2.54. The van der Waals surface area contributed by atoms with Crippen molar-refractivity contribution in [2.75, 3.05) is 13.1 Å². The van der Waals surface area contributed by atoms with Gasteiger partial charge in [0.15, 0.2) is 11.6 Å². The molecule has 0 aliphatic heterocycles. The molecule has 18 heavy (non-hydrogen) atoms. The number of rotatable bonds is 7. The van der Waals surface area contributed by atoms with Crippen LogP contribution in [0.5, 0.6) is 0 Å². The van der Waals surface area contributed by atoms with E-state index < -0.39 is 11.6 Å². The molecule has 0 bridgehead atoms. The van der Waals surface area contributed by atoms with Gasteiger partial charge in [0.25, 0.3) is 0 Å². The molecular formula is C15H21F2N. The monoisotopic (exact) mass is 253 g/mol. The van der Waals surface area contributed by atoms with Gasteiger partial charge in [0.1, 0.15) is 0 Å². The molecule has 0 saturated heterocycles. The van der Waals surface area contributed by atoms with Gasteiger partial charge in [-0.1, -0.05) is 32.1 Å². The Morgan fingerprint density at radius 3 is 2.61 bits per heavy atom. The summed E-state index contributed by atoms with van der Waals surface area (Å²) in [7, 11) is 0. The molecule has 0 unspecified atom stereocenters. The van der Waals surface area contributed by atoms with Gasteiger partial charge in [0, 0.05) is 0 Å². The zero-order valence-electron chi connectivity index (χ0n) is 11.0. The minimum atomic E-state index is -0.791. The fourth-order valence-corrected chi connectivity index (χ4v) is 1.58. The van der Waals surface area contributed by atoms with Crippen LogP contribution in [0.15, 0.2) is 30.4 Å². The molecule has 1 aromatic carbocycles. The molecule has 3 heteroatoms. The lowest BCUT2D eigenvalue weighted by atomic mass is 10.1. The van der Waals surface area contributed by atoms with Gasteiger partial charge >= 0.3 is 0 Å². The van der Waals surface area contributed by atoms with Crippen molar-refractivity contribution in [2.45, 2.75) is 26.7 Å². The first kappa shape index (κ1) is 14.8. The lowest BCUT2D eigenvalue weighted by Crippen LogP contribution is -2.20. The molecule has 100 valence electrons. The Morgan fingerprint density at radius 1 is 1.17 bits per heavy atom. The minimum absolute atomic E-state index is 0.640. The number of hydrogen-bond acceptors (Lipinski definition) is 1. The molecule has 0 heterocycles. The van der Waals surface area contributed by atoms with Crippen LogP contribution in [-0.2, 0) is 6.42 Å². The first-order valence-electron chi connectivity index (χ1n) is 6.39. The third kappa shape index (κ3) is 5.92. The van der Waals surface area contributed by atoms with Crippen LogP contribution in [0.25, 0.3) is 0 Å². The zero-order chi connectivity index (χ0) is 13.4. The molecular weight excluding hydrogens is 232 g/mol. The quantitative estimate of drug-likeness (QED) is 0.577. The fraction of sp³-hybridized carbons (Fsp3) is 0.467. The summed E-state index contributed by atoms with van der Waals surface area (Å²) in [5, 5.41) is 3.34. The van der Waals surface area contributed by atoms with Crippen LogP contribution in [0.2, 0.25) is 0 Å². The number of hydrogen-bond donors (Lipinski definition) is 1. The Kier molecular flexibility index (Phi) is 6.58. The second-order valence-corrected chi connectivity index (χ2v) is 4.81. The molecule has 0 aliphatic rings. The first-order valence-corrected chi connectivity index (χ1v) is 6.39. The van der Waals surface area contributed by atoms with Crippen molar-refractivity contribution in [3.63, 3.8) is 0 Å². The van der Waals surface area contributed by atoms with Crippen LogP contribution in [0.1, 0.15) is 25.8 Å². The van der Waals surface area contributed by atoms with Crippen molar-refractivity contribution in [1.82, 2.24) is 5.32 Å². The fourth-order valence-electron chi connectivity index (χ4n) is 1.58. The highest BCUT2D eigenvalue weighted by Gasteiger charge is 2.00. The smallest absolute Gasteiger partial charge is 0.159 e. The lowest BCUT2D eigenvalue weighted by molar-refractivity contribution is 0.507. The van der Waals surface area contributed by atoms with E-state index in [-0.39, 0.29) is 0 Å². The molecule has 0 amide bonds. The second-order valence-electron chi connectivity index (χ2n) is 4.81. The largest absolute Gasteiger partial charge is 0.316 e. The van der Waals surface area contributed by atoms with Gasteiger partial charge in [0.05, 0.1) is 0 Å². The predicted molar refractivity (Wildman–Crippen MR) is 71.5 cm³/mol. The first-order chi connectivity index (χ1) is 8.59. The highest BCUT2D eigenvalue weighted by Crippen LogP contribution is 2.09. The minimum Gasteiger partial charge on any atom is -0.316 e. The maximum atomic E-state index is 12.9. The van der Waals surface area contributed by atoms with Crippen LogP contribution in [0.3, 0.4) is 0 Å². The summed E-state index contributed by atoms with van der Waals surface area (Å²) in [5.41, 5.74) is 0.792. The van der Waals surface area contributed by atoms with E-state index in [0.717, 1.165) is 25.1 Å². The Balaban J connectivity index is 2.21. The van der Waals surface area contributed by atoms with Gasteiger partial charge in [-0.2, -0.15) is 0 Å². The summed E-state index contributed by atoms with van der Waals surface area (Å²) in [4.78, 5) is 0. The maximum Gasteiger partial charge on any atom is 0.159 e. The van der Waals surface area contributed by atoms with Gasteiger partial charge < -0.3 is 5.32 Å². The maximum absolute atomic E-state index is 12.9. The predicted octanol–water partition coefficient (Wildman–Crippen LogP) is 3.70. The van der Waals surface area contributed by atoms with Gasteiger partial charge in [-0.05, 0) is 49.5 Å². The van der Waals surface area contributed by atoms with Crippen LogP contribution in [0, 0.1) is 17.6 Å². The Hall–Kier alpha value is -1.22. The summed E-state index contributed by atoms with van der Waals surface area (Å²) in [6, 6.07) is 4.03. The highest BCUT2D eigenvalue weighted by atomic mass is 19.2. The van der Waals surface area contributed by atoms with Crippen molar-refractivity contribution in [3.05, 3.63) is 47.5 Å². The number of allylic oxidation sites excluding steroid dienone is 1. The van der Waals surface area contributed by atoms with Crippen molar-refractivity contribution >= 4 is 0 Å². The van der Waals surface area contributed by atoms with Gasteiger partial charge in [0.2, 0.25) is 0 Å². The highest BCUT2D eigenvalue weighted by molar-refractivity contribution is 5.20. The van der Waals surface area contributed by atoms with E-state index in [1.807, 2.05) is 6.08 Å². The van der Waals surface area contributed by atoms with Crippen LogP contribution >= 0.6 is 0 Å². The van der Waals surface area contributed by atoms with Gasteiger partial charge in [-0.25, -0.2) is 8.78 Å². The SMILES string of the molecule is CC(C)CNCC/C=C/Cc1ccc(F)c(F)c1. The van der Waals surface area contributed by atoms with Gasteiger partial charge in [-0.15, -0.1) is 0 Å². The van der Waals surface area contributed by atoms with Gasteiger partial charge in [-0.3, -0.25) is 0 Å². The molecule has 1 N–H and O–H groups in total. The Morgan fingerprint density at radius 2 is 1.94 bits per heavy atom. The number of benzene rings is 1. The third-order valence-electron chi connectivity index (χ3n) is 2.54. The Labute approximate surface area is 108 Å². The number of nitrogens with one attached hydrogen (secondary N) is 1. The molecule has 0 atom stereocenters. The van der Waals surface area contributed by atoms with Crippen molar-refractivity contribution < 1.29 is 8.78 Å². The Bertz CT molecular complexity index is 386. The molecule has 1 rings (SSSR count). The summed E-state index contributed by atoms with van der Waals surface area (Å²) in [6.45, 7) is 6.32. The van der Waals surface area contributed by atoms with E-state index in [0.29, 0.717) is 12.3 Å².